The third-order valence-electron chi connectivity index (χ3n) is 2.65. The van der Waals surface area contributed by atoms with E-state index < -0.39 is 29.9 Å². The van der Waals surface area contributed by atoms with Crippen LogP contribution >= 0.6 is 0 Å². The Labute approximate surface area is 99.6 Å². The van der Waals surface area contributed by atoms with Crippen LogP contribution in [0.1, 0.15) is 26.2 Å². The van der Waals surface area contributed by atoms with E-state index in [1.54, 1.807) is 6.92 Å². The summed E-state index contributed by atoms with van der Waals surface area (Å²) in [5.41, 5.74) is 0. The number of rotatable bonds is 5. The van der Waals surface area contributed by atoms with Crippen molar-refractivity contribution in [2.75, 3.05) is 6.61 Å². The summed E-state index contributed by atoms with van der Waals surface area (Å²) < 4.78 is 5.16. The van der Waals surface area contributed by atoms with Gasteiger partial charge in [-0.2, -0.15) is 5.26 Å². The Morgan fingerprint density at radius 3 is 2.82 bits per heavy atom. The maximum Gasteiger partial charge on any atom is 0.326 e. The lowest BCUT2D eigenvalue weighted by Gasteiger charge is -2.17. The fourth-order valence-electron chi connectivity index (χ4n) is 1.68. The predicted molar refractivity (Wildman–Crippen MR) is 57.9 cm³/mol. The number of carboxylic acid groups (broad SMARTS) is 1. The first-order valence-electron chi connectivity index (χ1n) is 5.59. The largest absolute Gasteiger partial charge is 0.480 e. The number of ether oxygens (including phenoxy) is 1. The van der Waals surface area contributed by atoms with Crippen molar-refractivity contribution in [1.82, 2.24) is 5.32 Å². The number of carboxylic acids is 1. The molecule has 1 fully saturated rings. The van der Waals surface area contributed by atoms with E-state index in [-0.39, 0.29) is 6.42 Å². The summed E-state index contributed by atoms with van der Waals surface area (Å²) >= 11 is 0. The van der Waals surface area contributed by atoms with Gasteiger partial charge in [0, 0.05) is 12.5 Å². The van der Waals surface area contributed by atoms with Crippen LogP contribution in [-0.2, 0) is 14.3 Å². The number of carbonyl (C=O) groups is 2. The number of amides is 1. The molecule has 0 spiro atoms. The summed E-state index contributed by atoms with van der Waals surface area (Å²) in [7, 11) is 0. The second-order valence-electron chi connectivity index (χ2n) is 4.17. The van der Waals surface area contributed by atoms with E-state index in [0.717, 1.165) is 6.42 Å². The SMILES string of the molecule is C[C@H](C#N)C[C@H](NC(=O)[C@@H]1CCCO1)C(=O)O. The quantitative estimate of drug-likeness (QED) is 0.719. The maximum absolute atomic E-state index is 11.6. The third-order valence-corrected chi connectivity index (χ3v) is 2.65. The van der Waals surface area contributed by atoms with Crippen molar-refractivity contribution in [2.45, 2.75) is 38.3 Å². The molecule has 6 nitrogen and oxygen atoms in total. The summed E-state index contributed by atoms with van der Waals surface area (Å²) in [5, 5.41) is 20.0. The van der Waals surface area contributed by atoms with Crippen LogP contribution in [0.25, 0.3) is 0 Å². The first-order chi connectivity index (χ1) is 8.04. The molecular weight excluding hydrogens is 224 g/mol. The number of nitrogens with one attached hydrogen (secondary N) is 1. The van der Waals surface area contributed by atoms with Crippen molar-refractivity contribution < 1.29 is 19.4 Å². The van der Waals surface area contributed by atoms with Crippen LogP contribution in [0.4, 0.5) is 0 Å². The Hall–Kier alpha value is -1.61. The third kappa shape index (κ3) is 4.04. The van der Waals surface area contributed by atoms with E-state index in [1.165, 1.54) is 0 Å². The Balaban J connectivity index is 2.51. The van der Waals surface area contributed by atoms with E-state index in [2.05, 4.69) is 5.32 Å². The predicted octanol–water partition coefficient (Wildman–Crippen LogP) is 0.285. The lowest BCUT2D eigenvalue weighted by molar-refractivity contribution is -0.144. The normalized spacial score (nSPS) is 22.5. The maximum atomic E-state index is 11.6. The molecule has 0 radical (unpaired) electrons. The van der Waals surface area contributed by atoms with E-state index in [9.17, 15) is 9.59 Å². The van der Waals surface area contributed by atoms with Gasteiger partial charge >= 0.3 is 5.97 Å². The molecule has 1 aliphatic rings. The number of nitrogens with zero attached hydrogens (tertiary/aromatic N) is 1. The van der Waals surface area contributed by atoms with Crippen LogP contribution < -0.4 is 5.32 Å². The Kier molecular flexibility index (Phi) is 4.91. The summed E-state index contributed by atoms with van der Waals surface area (Å²) in [6, 6.07) is 0.921. The molecule has 0 bridgehead atoms. The molecule has 17 heavy (non-hydrogen) atoms. The van der Waals surface area contributed by atoms with Gasteiger partial charge in [0.05, 0.1) is 6.07 Å². The molecule has 1 rings (SSSR count). The van der Waals surface area contributed by atoms with Gasteiger partial charge in [0.2, 0.25) is 5.91 Å². The standard InChI is InChI=1S/C11H16N2O4/c1-7(6-12)5-8(11(15)16)13-10(14)9-3-2-4-17-9/h7-9H,2-5H2,1H3,(H,13,14)(H,15,16)/t7-,8-,9-/m0/s1. The number of carbonyl (C=O) groups excluding carboxylic acids is 1. The summed E-state index contributed by atoms with van der Waals surface area (Å²) in [4.78, 5) is 22.6. The highest BCUT2D eigenvalue weighted by molar-refractivity contribution is 5.86. The van der Waals surface area contributed by atoms with Gasteiger partial charge in [0.1, 0.15) is 12.1 Å². The minimum Gasteiger partial charge on any atom is -0.480 e. The highest BCUT2D eigenvalue weighted by Crippen LogP contribution is 2.13. The molecule has 0 aromatic carbocycles. The Morgan fingerprint density at radius 1 is 1.65 bits per heavy atom. The van der Waals surface area contributed by atoms with Crippen LogP contribution in [-0.4, -0.2) is 35.7 Å². The lowest BCUT2D eigenvalue weighted by atomic mass is 10.0. The fourth-order valence-corrected chi connectivity index (χ4v) is 1.68. The number of hydrogen-bond donors (Lipinski definition) is 2. The van der Waals surface area contributed by atoms with Gasteiger partial charge in [-0.3, -0.25) is 4.79 Å². The zero-order chi connectivity index (χ0) is 12.8. The molecule has 0 aromatic rings. The van der Waals surface area contributed by atoms with Crippen molar-refractivity contribution >= 4 is 11.9 Å². The van der Waals surface area contributed by atoms with Crippen LogP contribution in [0, 0.1) is 17.2 Å². The van der Waals surface area contributed by atoms with Crippen molar-refractivity contribution in [3.63, 3.8) is 0 Å². The molecule has 0 aromatic heterocycles. The van der Waals surface area contributed by atoms with Crippen molar-refractivity contribution in [2.24, 2.45) is 5.92 Å². The zero-order valence-electron chi connectivity index (χ0n) is 9.68. The van der Waals surface area contributed by atoms with Gasteiger partial charge < -0.3 is 15.2 Å². The van der Waals surface area contributed by atoms with Crippen molar-refractivity contribution in [3.8, 4) is 6.07 Å². The van der Waals surface area contributed by atoms with Crippen LogP contribution in [0.5, 0.6) is 0 Å². The molecule has 0 saturated carbocycles. The summed E-state index contributed by atoms with van der Waals surface area (Å²) in [6.07, 6.45) is 0.981. The molecule has 3 atom stereocenters. The average molecular weight is 240 g/mol. The molecule has 0 aliphatic carbocycles. The number of hydrogen-bond acceptors (Lipinski definition) is 4. The molecule has 6 heteroatoms. The Morgan fingerprint density at radius 2 is 2.35 bits per heavy atom. The van der Waals surface area contributed by atoms with Crippen LogP contribution in [0.2, 0.25) is 0 Å². The second-order valence-corrected chi connectivity index (χ2v) is 4.17. The van der Waals surface area contributed by atoms with Gasteiger partial charge in [0.15, 0.2) is 0 Å². The number of aliphatic carboxylic acids is 1. The molecule has 1 aliphatic heterocycles. The average Bonchev–Trinajstić information content (AvgIpc) is 2.81. The van der Waals surface area contributed by atoms with Crippen molar-refractivity contribution in [1.29, 1.82) is 5.26 Å². The monoisotopic (exact) mass is 240 g/mol. The van der Waals surface area contributed by atoms with Gasteiger partial charge in [-0.25, -0.2) is 4.79 Å². The highest BCUT2D eigenvalue weighted by Gasteiger charge is 2.28. The fraction of sp³-hybridized carbons (Fsp3) is 0.727. The molecule has 2 N–H and O–H groups in total. The Bertz CT molecular complexity index is 331. The van der Waals surface area contributed by atoms with Crippen molar-refractivity contribution in [3.05, 3.63) is 0 Å². The molecule has 94 valence electrons. The van der Waals surface area contributed by atoms with Gasteiger partial charge in [0.25, 0.3) is 0 Å². The van der Waals surface area contributed by atoms with Crippen LogP contribution in [0.3, 0.4) is 0 Å². The minimum atomic E-state index is -1.13. The topological polar surface area (TPSA) is 99.4 Å². The second kappa shape index (κ2) is 6.21. The van der Waals surface area contributed by atoms with Gasteiger partial charge in [-0.15, -0.1) is 0 Å². The first-order valence-corrected chi connectivity index (χ1v) is 5.59. The van der Waals surface area contributed by atoms with E-state index >= 15 is 0 Å². The number of nitriles is 1. The molecular formula is C11H16N2O4. The molecule has 0 unspecified atom stereocenters. The van der Waals surface area contributed by atoms with Gasteiger partial charge in [-0.05, 0) is 26.2 Å². The van der Waals surface area contributed by atoms with Gasteiger partial charge in [-0.1, -0.05) is 0 Å². The smallest absolute Gasteiger partial charge is 0.326 e. The first kappa shape index (κ1) is 13.5. The zero-order valence-corrected chi connectivity index (χ0v) is 9.68. The highest BCUT2D eigenvalue weighted by atomic mass is 16.5. The van der Waals surface area contributed by atoms with Crippen LogP contribution in [0.15, 0.2) is 0 Å². The molecule has 1 heterocycles. The summed E-state index contributed by atoms with van der Waals surface area (Å²) in [6.45, 7) is 2.15. The van der Waals surface area contributed by atoms with E-state index in [1.807, 2.05) is 6.07 Å². The molecule has 1 amide bonds. The summed E-state index contributed by atoms with van der Waals surface area (Å²) in [5.74, 6) is -1.95. The lowest BCUT2D eigenvalue weighted by Crippen LogP contribution is -2.46. The van der Waals surface area contributed by atoms with E-state index in [4.69, 9.17) is 15.1 Å². The van der Waals surface area contributed by atoms with E-state index in [0.29, 0.717) is 13.0 Å². The minimum absolute atomic E-state index is 0.101. The molecule has 1 saturated heterocycles.